The molecule has 1 N–H and O–H groups in total. The van der Waals surface area contributed by atoms with Crippen LogP contribution in [0.2, 0.25) is 0 Å². The first-order chi connectivity index (χ1) is 15.0. The average molecular weight is 483 g/mol. The Morgan fingerprint density at radius 2 is 1.53 bits per heavy atom. The highest BCUT2D eigenvalue weighted by Crippen LogP contribution is 2.27. The number of nitro groups is 1. The molecule has 172 valence electrons. The molecule has 0 bridgehead atoms. The van der Waals surface area contributed by atoms with Gasteiger partial charge in [0.2, 0.25) is 26.0 Å². The van der Waals surface area contributed by atoms with E-state index in [1.807, 2.05) is 0 Å². The van der Waals surface area contributed by atoms with Gasteiger partial charge in [-0.2, -0.15) is 9.03 Å². The predicted molar refractivity (Wildman–Crippen MR) is 115 cm³/mol. The van der Waals surface area contributed by atoms with Gasteiger partial charge < -0.3 is 4.90 Å². The van der Waals surface area contributed by atoms with E-state index < -0.39 is 47.5 Å². The first-order valence-corrected chi connectivity index (χ1v) is 12.6. The lowest BCUT2D eigenvalue weighted by atomic mass is 10.2. The molecule has 2 aromatic rings. The van der Waals surface area contributed by atoms with Gasteiger partial charge in [0.1, 0.15) is 0 Å². The maximum absolute atomic E-state index is 12.9. The molecule has 0 aromatic heterocycles. The van der Waals surface area contributed by atoms with Crippen molar-refractivity contribution in [1.29, 1.82) is 0 Å². The van der Waals surface area contributed by atoms with Crippen LogP contribution < -0.4 is 4.72 Å². The summed E-state index contributed by atoms with van der Waals surface area (Å²) in [6.07, 6.45) is 0. The number of nitrogens with one attached hydrogen (secondary N) is 1. The second-order valence-electron chi connectivity index (χ2n) is 7.11. The van der Waals surface area contributed by atoms with Crippen LogP contribution in [0.5, 0.6) is 0 Å². The van der Waals surface area contributed by atoms with Crippen molar-refractivity contribution >= 4 is 31.6 Å². The minimum atomic E-state index is -4.13. The number of carbonyl (C=O) groups excluding carboxylic acids is 1. The second-order valence-corrected chi connectivity index (χ2v) is 10.7. The molecule has 0 unspecified atom stereocenters. The molecule has 0 aliphatic carbocycles. The molecule has 1 aliphatic heterocycles. The lowest BCUT2D eigenvalue weighted by molar-refractivity contribution is -0.387. The van der Waals surface area contributed by atoms with Gasteiger partial charge in [-0.05, 0) is 25.1 Å². The summed E-state index contributed by atoms with van der Waals surface area (Å²) in [4.78, 5) is 24.1. The van der Waals surface area contributed by atoms with Gasteiger partial charge in [-0.25, -0.2) is 16.8 Å². The molecular weight excluding hydrogens is 460 g/mol. The summed E-state index contributed by atoms with van der Waals surface area (Å²) in [6, 6.07) is 11.6. The highest BCUT2D eigenvalue weighted by Gasteiger charge is 2.35. The summed E-state index contributed by atoms with van der Waals surface area (Å²) in [7, 11) is -8.02. The number of hydrogen-bond acceptors (Lipinski definition) is 7. The Bertz CT molecular complexity index is 1210. The van der Waals surface area contributed by atoms with Crippen LogP contribution in [0.3, 0.4) is 0 Å². The minimum Gasteiger partial charge on any atom is -0.339 e. The third kappa shape index (κ3) is 4.96. The molecule has 1 atom stereocenters. The van der Waals surface area contributed by atoms with E-state index in [2.05, 4.69) is 4.72 Å². The van der Waals surface area contributed by atoms with Gasteiger partial charge in [0.05, 0.1) is 15.9 Å². The summed E-state index contributed by atoms with van der Waals surface area (Å²) < 4.78 is 54.1. The summed E-state index contributed by atoms with van der Waals surface area (Å²) >= 11 is 0. The van der Waals surface area contributed by atoms with Crippen LogP contribution in [-0.2, 0) is 24.8 Å². The average Bonchev–Trinajstić information content (AvgIpc) is 2.79. The Hall–Kier alpha value is -2.87. The number of piperazine rings is 1. The van der Waals surface area contributed by atoms with E-state index in [4.69, 9.17) is 0 Å². The number of carbonyl (C=O) groups is 1. The number of amides is 1. The fourth-order valence-corrected chi connectivity index (χ4v) is 6.14. The van der Waals surface area contributed by atoms with Crippen molar-refractivity contribution in [3.05, 3.63) is 64.7 Å². The fraction of sp³-hybridized carbons (Fsp3) is 0.316. The molecule has 32 heavy (non-hydrogen) atoms. The molecule has 1 saturated heterocycles. The number of nitrogens with zero attached hydrogens (tertiary/aromatic N) is 3. The number of hydrogen-bond donors (Lipinski definition) is 1. The van der Waals surface area contributed by atoms with Gasteiger partial charge in [0.15, 0.2) is 4.90 Å². The topological polar surface area (TPSA) is 147 Å². The molecule has 1 heterocycles. The molecule has 2 aromatic carbocycles. The Balaban J connectivity index is 1.66. The third-order valence-electron chi connectivity index (χ3n) is 4.99. The summed E-state index contributed by atoms with van der Waals surface area (Å²) in [5.74, 6) is -0.493. The number of nitro benzene ring substituents is 1. The zero-order chi connectivity index (χ0) is 23.5. The van der Waals surface area contributed by atoms with E-state index in [0.29, 0.717) is 0 Å². The predicted octanol–water partition coefficient (Wildman–Crippen LogP) is 0.795. The van der Waals surface area contributed by atoms with Crippen LogP contribution in [0.1, 0.15) is 6.92 Å². The van der Waals surface area contributed by atoms with Gasteiger partial charge >= 0.3 is 0 Å². The molecule has 3 rings (SSSR count). The standard InChI is InChI=1S/C19H22N4O7S2/c1-15(20-31(27,28)16-7-3-2-4-8-16)19(24)21-11-13-22(14-12-21)32(29,30)18-10-6-5-9-17(18)23(25)26/h2-10,15,20H,11-14H2,1H3/t15-/m0/s1. The normalized spacial score (nSPS) is 16.5. The van der Waals surface area contributed by atoms with Crippen molar-refractivity contribution in [3.63, 3.8) is 0 Å². The van der Waals surface area contributed by atoms with Crippen LogP contribution in [0, 0.1) is 10.1 Å². The molecular formula is C19H22N4O7S2. The number of para-hydroxylation sites is 1. The third-order valence-corrected chi connectivity index (χ3v) is 8.49. The number of benzene rings is 2. The van der Waals surface area contributed by atoms with Gasteiger partial charge in [0, 0.05) is 32.2 Å². The van der Waals surface area contributed by atoms with E-state index in [1.54, 1.807) is 18.2 Å². The van der Waals surface area contributed by atoms with Gasteiger partial charge in [0.25, 0.3) is 5.69 Å². The van der Waals surface area contributed by atoms with Crippen molar-refractivity contribution in [2.24, 2.45) is 0 Å². The molecule has 1 fully saturated rings. The zero-order valence-electron chi connectivity index (χ0n) is 17.1. The Morgan fingerprint density at radius 3 is 2.12 bits per heavy atom. The van der Waals surface area contributed by atoms with Crippen LogP contribution in [0.15, 0.2) is 64.4 Å². The van der Waals surface area contributed by atoms with Crippen molar-refractivity contribution in [2.75, 3.05) is 26.2 Å². The molecule has 1 aliphatic rings. The largest absolute Gasteiger partial charge is 0.339 e. The van der Waals surface area contributed by atoms with E-state index >= 15 is 0 Å². The lowest BCUT2D eigenvalue weighted by Gasteiger charge is -2.35. The SMILES string of the molecule is C[C@H](NS(=O)(=O)c1ccccc1)C(=O)N1CCN(S(=O)(=O)c2ccccc2[N+](=O)[O-])CC1. The number of rotatable bonds is 7. The highest BCUT2D eigenvalue weighted by molar-refractivity contribution is 7.89. The Kier molecular flexibility index (Phi) is 6.93. The summed E-state index contributed by atoms with van der Waals surface area (Å²) in [5, 5.41) is 11.2. The van der Waals surface area contributed by atoms with E-state index in [-0.39, 0.29) is 31.1 Å². The molecule has 13 heteroatoms. The van der Waals surface area contributed by atoms with Crippen molar-refractivity contribution < 1.29 is 26.6 Å². The first kappa shape index (κ1) is 23.8. The minimum absolute atomic E-state index is 0.0239. The van der Waals surface area contributed by atoms with Gasteiger partial charge in [-0.1, -0.05) is 30.3 Å². The van der Waals surface area contributed by atoms with Crippen molar-refractivity contribution in [1.82, 2.24) is 13.9 Å². The van der Waals surface area contributed by atoms with Gasteiger partial charge in [-0.3, -0.25) is 14.9 Å². The Morgan fingerprint density at radius 1 is 0.969 bits per heavy atom. The van der Waals surface area contributed by atoms with E-state index in [9.17, 15) is 31.7 Å². The quantitative estimate of drug-likeness (QED) is 0.453. The van der Waals surface area contributed by atoms with Crippen molar-refractivity contribution in [3.8, 4) is 0 Å². The summed E-state index contributed by atoms with van der Waals surface area (Å²) in [5.41, 5.74) is -0.519. The van der Waals surface area contributed by atoms with Gasteiger partial charge in [-0.15, -0.1) is 0 Å². The fourth-order valence-electron chi connectivity index (χ4n) is 3.34. The van der Waals surface area contributed by atoms with Crippen LogP contribution in [0.25, 0.3) is 0 Å². The van der Waals surface area contributed by atoms with Crippen LogP contribution in [-0.4, -0.2) is 69.1 Å². The van der Waals surface area contributed by atoms with Crippen LogP contribution >= 0.6 is 0 Å². The molecule has 11 nitrogen and oxygen atoms in total. The lowest BCUT2D eigenvalue weighted by Crippen LogP contribution is -2.55. The van der Waals surface area contributed by atoms with E-state index in [1.165, 1.54) is 42.2 Å². The highest BCUT2D eigenvalue weighted by atomic mass is 32.2. The monoisotopic (exact) mass is 482 g/mol. The molecule has 1 amide bonds. The van der Waals surface area contributed by atoms with E-state index in [0.717, 1.165) is 10.4 Å². The van der Waals surface area contributed by atoms with Crippen molar-refractivity contribution in [2.45, 2.75) is 22.8 Å². The Labute approximate surface area is 185 Å². The number of sulfonamides is 2. The second kappa shape index (κ2) is 9.32. The molecule has 0 radical (unpaired) electrons. The smallest absolute Gasteiger partial charge is 0.289 e. The molecule has 0 saturated carbocycles. The van der Waals surface area contributed by atoms with Crippen LogP contribution in [0.4, 0.5) is 5.69 Å². The molecule has 0 spiro atoms. The summed E-state index contributed by atoms with van der Waals surface area (Å²) in [6.45, 7) is 1.32. The maximum Gasteiger partial charge on any atom is 0.289 e. The first-order valence-electron chi connectivity index (χ1n) is 9.64. The maximum atomic E-state index is 12.9. The zero-order valence-corrected chi connectivity index (χ0v) is 18.8.